The molecule has 1 aromatic heterocycles. The quantitative estimate of drug-likeness (QED) is 0.161. The molecule has 0 saturated carbocycles. The van der Waals surface area contributed by atoms with Crippen LogP contribution in [0.2, 0.25) is 0 Å². The Morgan fingerprint density at radius 1 is 0.255 bits per heavy atom. The molecule has 0 nitrogen and oxygen atoms in total. The molecule has 0 spiro atoms. The monoisotopic (exact) mass is 716 g/mol. The number of thiophene rings is 1. The van der Waals surface area contributed by atoms with E-state index in [0.717, 1.165) is 0 Å². The topological polar surface area (TPSA) is 0 Å². The molecule has 1 heteroatoms. The lowest BCUT2D eigenvalue weighted by Crippen LogP contribution is -2.29. The van der Waals surface area contributed by atoms with Crippen molar-refractivity contribution in [3.05, 3.63) is 262 Å². The van der Waals surface area contributed by atoms with E-state index in [0.29, 0.717) is 0 Å². The van der Waals surface area contributed by atoms with Crippen molar-refractivity contribution in [2.75, 3.05) is 0 Å². The van der Waals surface area contributed by atoms with Crippen LogP contribution in [0.15, 0.2) is 218 Å². The van der Waals surface area contributed by atoms with Crippen molar-refractivity contribution >= 4 is 11.3 Å². The molecular weight excluding hydrogens is 681 g/mol. The van der Waals surface area contributed by atoms with Crippen molar-refractivity contribution < 1.29 is 0 Å². The maximum absolute atomic E-state index is 2.38. The van der Waals surface area contributed by atoms with Gasteiger partial charge in [-0.3, -0.25) is 0 Å². The van der Waals surface area contributed by atoms with Gasteiger partial charge in [-0.05, 0) is 66.8 Å². The Balaban J connectivity index is 1.41. The molecule has 11 rings (SSSR count). The van der Waals surface area contributed by atoms with Crippen LogP contribution in [-0.4, -0.2) is 0 Å². The van der Waals surface area contributed by atoms with Gasteiger partial charge in [0.05, 0.1) is 10.8 Å². The normalized spacial score (nSPS) is 14.1. The molecule has 0 aliphatic heterocycles. The van der Waals surface area contributed by atoms with E-state index in [9.17, 15) is 0 Å². The Labute approximate surface area is 326 Å². The fourth-order valence-corrected chi connectivity index (χ4v) is 11.8. The minimum Gasteiger partial charge on any atom is -0.141 e. The highest BCUT2D eigenvalue weighted by Crippen LogP contribution is 2.66. The third kappa shape index (κ3) is 4.39. The fraction of sp³-hybridized carbons (Fsp3) is 0.0370. The van der Waals surface area contributed by atoms with Crippen molar-refractivity contribution in [1.82, 2.24) is 0 Å². The summed E-state index contributed by atoms with van der Waals surface area (Å²) < 4.78 is 0. The first-order valence-electron chi connectivity index (χ1n) is 19.1. The summed E-state index contributed by atoms with van der Waals surface area (Å²) in [6, 6.07) is 81.4. The highest BCUT2D eigenvalue weighted by Gasteiger charge is 2.53. The third-order valence-electron chi connectivity index (χ3n) is 12.0. The van der Waals surface area contributed by atoms with Gasteiger partial charge >= 0.3 is 0 Å². The molecule has 0 bridgehead atoms. The highest BCUT2D eigenvalue weighted by atomic mass is 32.1. The van der Waals surface area contributed by atoms with Gasteiger partial charge in [-0.2, -0.15) is 0 Å². The van der Waals surface area contributed by atoms with E-state index >= 15 is 0 Å². The maximum Gasteiger partial charge on any atom is 0.0813 e. The summed E-state index contributed by atoms with van der Waals surface area (Å²) in [6.45, 7) is 0. The van der Waals surface area contributed by atoms with Crippen LogP contribution in [-0.2, 0) is 10.8 Å². The van der Waals surface area contributed by atoms with Gasteiger partial charge in [-0.15, -0.1) is 11.3 Å². The average molecular weight is 717 g/mol. The van der Waals surface area contributed by atoms with Crippen LogP contribution in [0.25, 0.3) is 44.5 Å². The molecule has 0 saturated heterocycles. The van der Waals surface area contributed by atoms with Gasteiger partial charge < -0.3 is 0 Å². The Hall–Kier alpha value is -6.54. The molecule has 8 aromatic carbocycles. The van der Waals surface area contributed by atoms with Crippen molar-refractivity contribution in [3.8, 4) is 44.5 Å². The van der Waals surface area contributed by atoms with Crippen LogP contribution in [0.1, 0.15) is 43.1 Å². The van der Waals surface area contributed by atoms with E-state index in [1.54, 1.807) is 0 Å². The van der Waals surface area contributed by atoms with E-state index in [1.165, 1.54) is 87.6 Å². The summed E-state index contributed by atoms with van der Waals surface area (Å²) in [7, 11) is 0. The molecular formula is C54H36S. The predicted molar refractivity (Wildman–Crippen MR) is 230 cm³/mol. The first-order valence-corrected chi connectivity index (χ1v) is 19.9. The van der Waals surface area contributed by atoms with Crippen LogP contribution in [0, 0.1) is 0 Å². The van der Waals surface area contributed by atoms with Gasteiger partial charge in [-0.1, -0.05) is 218 Å². The molecule has 0 amide bonds. The van der Waals surface area contributed by atoms with E-state index in [2.05, 4.69) is 218 Å². The van der Waals surface area contributed by atoms with Gasteiger partial charge in [0.15, 0.2) is 0 Å². The van der Waals surface area contributed by atoms with Gasteiger partial charge in [0, 0.05) is 20.9 Å². The third-order valence-corrected chi connectivity index (χ3v) is 13.5. The molecule has 9 aromatic rings. The number of hydrogen-bond donors (Lipinski definition) is 0. The zero-order chi connectivity index (χ0) is 36.4. The van der Waals surface area contributed by atoms with E-state index in [1.807, 2.05) is 11.3 Å². The van der Waals surface area contributed by atoms with Crippen LogP contribution in [0.4, 0.5) is 0 Å². The van der Waals surface area contributed by atoms with Crippen molar-refractivity contribution in [3.63, 3.8) is 0 Å². The molecule has 0 radical (unpaired) electrons. The molecule has 1 heterocycles. The van der Waals surface area contributed by atoms with E-state index < -0.39 is 10.8 Å². The van der Waals surface area contributed by atoms with Gasteiger partial charge in [0.1, 0.15) is 0 Å². The van der Waals surface area contributed by atoms with Gasteiger partial charge in [0.25, 0.3) is 0 Å². The Kier molecular flexibility index (Phi) is 7.27. The minimum atomic E-state index is -0.582. The molecule has 55 heavy (non-hydrogen) atoms. The molecule has 258 valence electrons. The lowest BCUT2D eigenvalue weighted by molar-refractivity contribution is 0.786. The summed E-state index contributed by atoms with van der Waals surface area (Å²) in [5, 5.41) is 0. The summed E-state index contributed by atoms with van der Waals surface area (Å²) >= 11 is 2.01. The lowest BCUT2D eigenvalue weighted by atomic mass is 9.67. The fourth-order valence-electron chi connectivity index (χ4n) is 9.94. The molecule has 0 fully saturated rings. The smallest absolute Gasteiger partial charge is 0.0813 e. The van der Waals surface area contributed by atoms with Crippen LogP contribution >= 0.6 is 11.3 Å². The van der Waals surface area contributed by atoms with E-state index in [4.69, 9.17) is 0 Å². The second-order valence-electron chi connectivity index (χ2n) is 14.7. The second-order valence-corrected chi connectivity index (χ2v) is 15.7. The standard InChI is InChI=1S/C54H36S/c1-5-21-37(22-6-1)49-50(38-23-7-2-8-24-38)52(54(40-27-11-4-12-28-40)47-35-19-15-31-43(47)44-32-16-20-36-48(44)54)55-51(49)53(39-25-9-3-10-26-39)45-33-17-13-29-41(45)42-30-14-18-34-46(42)53/h1-36H. The largest absolute Gasteiger partial charge is 0.141 e. The van der Waals surface area contributed by atoms with Gasteiger partial charge in [0.2, 0.25) is 0 Å². The predicted octanol–water partition coefficient (Wildman–Crippen LogP) is 13.8. The molecule has 0 unspecified atom stereocenters. The molecule has 0 atom stereocenters. The minimum absolute atomic E-state index is 0.582. The van der Waals surface area contributed by atoms with Crippen LogP contribution in [0.5, 0.6) is 0 Å². The summed E-state index contributed by atoms with van der Waals surface area (Å²) in [4.78, 5) is 2.68. The Morgan fingerprint density at radius 2 is 0.509 bits per heavy atom. The average Bonchev–Trinajstić information content (AvgIpc) is 3.91. The zero-order valence-corrected chi connectivity index (χ0v) is 31.0. The van der Waals surface area contributed by atoms with Crippen LogP contribution < -0.4 is 0 Å². The summed E-state index contributed by atoms with van der Waals surface area (Å²) in [6.07, 6.45) is 0. The summed E-state index contributed by atoms with van der Waals surface area (Å²) in [5.74, 6) is 0. The molecule has 2 aliphatic rings. The number of benzene rings is 8. The van der Waals surface area contributed by atoms with Crippen molar-refractivity contribution in [1.29, 1.82) is 0 Å². The first kappa shape index (κ1) is 31.9. The summed E-state index contributed by atoms with van der Waals surface area (Å²) in [5.41, 5.74) is 16.9. The Morgan fingerprint density at radius 3 is 0.818 bits per heavy atom. The SMILES string of the molecule is c1ccc(-c2c(C3(c4ccccc4)c4ccccc4-c4ccccc43)sc(C3(c4ccccc4)c4ccccc4-c4ccccc43)c2-c2ccccc2)cc1. The lowest BCUT2D eigenvalue weighted by Gasteiger charge is -2.34. The highest BCUT2D eigenvalue weighted by molar-refractivity contribution is 7.13. The van der Waals surface area contributed by atoms with E-state index in [-0.39, 0.29) is 0 Å². The zero-order valence-electron chi connectivity index (χ0n) is 30.2. The van der Waals surface area contributed by atoms with Crippen LogP contribution in [0.3, 0.4) is 0 Å². The molecule has 0 N–H and O–H groups in total. The van der Waals surface area contributed by atoms with Crippen molar-refractivity contribution in [2.45, 2.75) is 10.8 Å². The first-order chi connectivity index (χ1) is 27.3. The molecule has 2 aliphatic carbocycles. The second kappa shape index (κ2) is 12.5. The van der Waals surface area contributed by atoms with Crippen molar-refractivity contribution in [2.24, 2.45) is 0 Å². The number of fused-ring (bicyclic) bond motifs is 6. The van der Waals surface area contributed by atoms with Gasteiger partial charge in [-0.25, -0.2) is 0 Å². The maximum atomic E-state index is 2.38. The Bertz CT molecular complexity index is 2560. The number of hydrogen-bond acceptors (Lipinski definition) is 1. The number of rotatable bonds is 6.